The van der Waals surface area contributed by atoms with Gasteiger partial charge in [0.25, 0.3) is 0 Å². The minimum absolute atomic E-state index is 0.244. The van der Waals surface area contributed by atoms with Gasteiger partial charge in [0.1, 0.15) is 0 Å². The molecule has 0 heterocycles. The summed E-state index contributed by atoms with van der Waals surface area (Å²) in [5, 5.41) is 17.5. The molecule has 0 aliphatic rings. The van der Waals surface area contributed by atoms with E-state index in [0.29, 0.717) is 11.8 Å². The number of hydrogen-bond acceptors (Lipinski definition) is 2. The third-order valence-corrected chi connectivity index (χ3v) is 5.05. The van der Waals surface area contributed by atoms with Gasteiger partial charge in [0.2, 0.25) is 0 Å². The van der Waals surface area contributed by atoms with Crippen LogP contribution >= 0.6 is 0 Å². The SMILES string of the molecule is CCC(CC)(CC)CCCCCCCC(C(=O)O)C(=O)O. The van der Waals surface area contributed by atoms with Gasteiger partial charge in [0, 0.05) is 0 Å². The summed E-state index contributed by atoms with van der Waals surface area (Å²) in [6.45, 7) is 6.81. The fraction of sp³-hybridized carbons (Fsp3) is 0.882. The highest BCUT2D eigenvalue weighted by atomic mass is 16.4. The number of unbranched alkanes of at least 4 members (excludes halogenated alkanes) is 4. The Hall–Kier alpha value is -1.06. The number of aliphatic carboxylic acids is 2. The van der Waals surface area contributed by atoms with Crippen molar-refractivity contribution in [2.45, 2.75) is 85.0 Å². The van der Waals surface area contributed by atoms with Crippen LogP contribution in [-0.4, -0.2) is 22.2 Å². The summed E-state index contributed by atoms with van der Waals surface area (Å²) in [4.78, 5) is 21.5. The zero-order valence-corrected chi connectivity index (χ0v) is 13.9. The zero-order valence-electron chi connectivity index (χ0n) is 13.9. The Kier molecular flexibility index (Phi) is 10.1. The van der Waals surface area contributed by atoms with Crippen LogP contribution in [0.4, 0.5) is 0 Å². The molecule has 0 bridgehead atoms. The van der Waals surface area contributed by atoms with Crippen LogP contribution in [-0.2, 0) is 9.59 Å². The van der Waals surface area contributed by atoms with Crippen LogP contribution in [0.3, 0.4) is 0 Å². The molecule has 4 heteroatoms. The Morgan fingerprint density at radius 2 is 1.24 bits per heavy atom. The second-order valence-corrected chi connectivity index (χ2v) is 6.10. The van der Waals surface area contributed by atoms with E-state index >= 15 is 0 Å². The molecule has 21 heavy (non-hydrogen) atoms. The average Bonchev–Trinajstić information content (AvgIpc) is 2.45. The first-order valence-corrected chi connectivity index (χ1v) is 8.38. The first-order chi connectivity index (χ1) is 9.92. The predicted octanol–water partition coefficient (Wildman–Crippen LogP) is 4.72. The summed E-state index contributed by atoms with van der Waals surface area (Å²) in [5.41, 5.74) is 0.498. The molecule has 0 rings (SSSR count). The minimum Gasteiger partial charge on any atom is -0.481 e. The normalized spacial score (nSPS) is 11.8. The second kappa shape index (κ2) is 10.6. The summed E-state index contributed by atoms with van der Waals surface area (Å²) >= 11 is 0. The molecule has 0 amide bonds. The van der Waals surface area contributed by atoms with E-state index in [1.54, 1.807) is 0 Å². The van der Waals surface area contributed by atoms with E-state index in [2.05, 4.69) is 20.8 Å². The molecule has 124 valence electrons. The van der Waals surface area contributed by atoms with Gasteiger partial charge in [0.05, 0.1) is 0 Å². The molecule has 0 atom stereocenters. The fourth-order valence-electron chi connectivity index (χ4n) is 3.01. The quantitative estimate of drug-likeness (QED) is 0.381. The van der Waals surface area contributed by atoms with Crippen molar-refractivity contribution in [3.63, 3.8) is 0 Å². The van der Waals surface area contributed by atoms with Crippen LogP contribution in [0.1, 0.15) is 85.0 Å². The topological polar surface area (TPSA) is 74.6 Å². The first kappa shape index (κ1) is 19.9. The molecule has 0 aromatic carbocycles. The van der Waals surface area contributed by atoms with Crippen molar-refractivity contribution >= 4 is 11.9 Å². The standard InChI is InChI=1S/C17H32O4/c1-4-17(5-2,6-3)13-11-9-7-8-10-12-14(15(18)19)16(20)21/h14H,4-13H2,1-3H3,(H,18,19)(H,20,21). The molecule has 0 aromatic heterocycles. The van der Waals surface area contributed by atoms with Crippen molar-refractivity contribution < 1.29 is 19.8 Å². The second-order valence-electron chi connectivity index (χ2n) is 6.10. The Morgan fingerprint density at radius 3 is 1.67 bits per heavy atom. The van der Waals surface area contributed by atoms with E-state index in [4.69, 9.17) is 10.2 Å². The molecule has 2 N–H and O–H groups in total. The monoisotopic (exact) mass is 300 g/mol. The van der Waals surface area contributed by atoms with Gasteiger partial charge in [-0.3, -0.25) is 9.59 Å². The summed E-state index contributed by atoms with van der Waals surface area (Å²) in [6, 6.07) is 0. The van der Waals surface area contributed by atoms with E-state index in [0.717, 1.165) is 19.3 Å². The average molecular weight is 300 g/mol. The van der Waals surface area contributed by atoms with Gasteiger partial charge >= 0.3 is 11.9 Å². The van der Waals surface area contributed by atoms with Gasteiger partial charge in [-0.2, -0.15) is 0 Å². The molecule has 0 unspecified atom stereocenters. The molecule has 4 nitrogen and oxygen atoms in total. The molecule has 0 saturated heterocycles. The van der Waals surface area contributed by atoms with E-state index in [1.165, 1.54) is 32.1 Å². The van der Waals surface area contributed by atoms with Crippen LogP contribution in [0.5, 0.6) is 0 Å². The molecule has 0 aromatic rings. The number of hydrogen-bond donors (Lipinski definition) is 2. The molecule has 0 saturated carbocycles. The van der Waals surface area contributed by atoms with Crippen molar-refractivity contribution in [1.29, 1.82) is 0 Å². The Labute approximate surface area is 128 Å². The smallest absolute Gasteiger partial charge is 0.317 e. The zero-order chi connectivity index (χ0) is 16.3. The number of carboxylic acids is 2. The Balaban J connectivity index is 3.78. The molecule has 0 aliphatic heterocycles. The third-order valence-electron chi connectivity index (χ3n) is 5.05. The van der Waals surface area contributed by atoms with E-state index in [9.17, 15) is 9.59 Å². The van der Waals surface area contributed by atoms with Gasteiger partial charge in [-0.05, 0) is 18.3 Å². The van der Waals surface area contributed by atoms with Gasteiger partial charge in [-0.1, -0.05) is 72.1 Å². The van der Waals surface area contributed by atoms with Crippen molar-refractivity contribution in [3.05, 3.63) is 0 Å². The van der Waals surface area contributed by atoms with Gasteiger partial charge in [-0.25, -0.2) is 0 Å². The molecular formula is C17H32O4. The van der Waals surface area contributed by atoms with E-state index in [-0.39, 0.29) is 6.42 Å². The number of carbonyl (C=O) groups is 2. The maximum atomic E-state index is 10.7. The van der Waals surface area contributed by atoms with Gasteiger partial charge < -0.3 is 10.2 Å². The fourth-order valence-corrected chi connectivity index (χ4v) is 3.01. The van der Waals surface area contributed by atoms with Crippen LogP contribution in [0.15, 0.2) is 0 Å². The van der Waals surface area contributed by atoms with Crippen LogP contribution < -0.4 is 0 Å². The van der Waals surface area contributed by atoms with Gasteiger partial charge in [0.15, 0.2) is 5.92 Å². The number of carboxylic acid groups (broad SMARTS) is 2. The lowest BCUT2D eigenvalue weighted by molar-refractivity contribution is -0.154. The number of rotatable bonds is 13. The highest BCUT2D eigenvalue weighted by molar-refractivity contribution is 5.92. The van der Waals surface area contributed by atoms with Crippen molar-refractivity contribution in [3.8, 4) is 0 Å². The molecule has 0 radical (unpaired) electrons. The van der Waals surface area contributed by atoms with E-state index < -0.39 is 17.9 Å². The third kappa shape index (κ3) is 7.49. The highest BCUT2D eigenvalue weighted by Gasteiger charge is 2.25. The summed E-state index contributed by atoms with van der Waals surface area (Å²) in [6.07, 6.45) is 10.3. The summed E-state index contributed by atoms with van der Waals surface area (Å²) in [7, 11) is 0. The van der Waals surface area contributed by atoms with Crippen LogP contribution in [0.2, 0.25) is 0 Å². The van der Waals surface area contributed by atoms with Crippen molar-refractivity contribution in [2.24, 2.45) is 11.3 Å². The van der Waals surface area contributed by atoms with E-state index in [1.807, 2.05) is 0 Å². The van der Waals surface area contributed by atoms with Crippen LogP contribution in [0, 0.1) is 11.3 Å². The lowest BCUT2D eigenvalue weighted by Gasteiger charge is -2.30. The molecule has 0 fully saturated rings. The lowest BCUT2D eigenvalue weighted by atomic mass is 9.75. The summed E-state index contributed by atoms with van der Waals surface area (Å²) in [5.74, 6) is -3.68. The maximum Gasteiger partial charge on any atom is 0.317 e. The lowest BCUT2D eigenvalue weighted by Crippen LogP contribution is -2.23. The van der Waals surface area contributed by atoms with Crippen molar-refractivity contribution in [2.75, 3.05) is 0 Å². The Morgan fingerprint density at radius 1 is 0.810 bits per heavy atom. The molecule has 0 spiro atoms. The van der Waals surface area contributed by atoms with Crippen LogP contribution in [0.25, 0.3) is 0 Å². The molecular weight excluding hydrogens is 268 g/mol. The van der Waals surface area contributed by atoms with Gasteiger partial charge in [-0.15, -0.1) is 0 Å². The summed E-state index contributed by atoms with van der Waals surface area (Å²) < 4.78 is 0. The largest absolute Gasteiger partial charge is 0.481 e. The van der Waals surface area contributed by atoms with Crippen molar-refractivity contribution in [1.82, 2.24) is 0 Å². The Bertz CT molecular complexity index is 286. The maximum absolute atomic E-state index is 10.7. The minimum atomic E-state index is -1.24. The predicted molar refractivity (Wildman–Crippen MR) is 84.4 cm³/mol. The highest BCUT2D eigenvalue weighted by Crippen LogP contribution is 2.36. The molecule has 0 aliphatic carbocycles. The first-order valence-electron chi connectivity index (χ1n) is 8.38.